The van der Waals surface area contributed by atoms with E-state index in [1.165, 1.54) is 11.3 Å². The summed E-state index contributed by atoms with van der Waals surface area (Å²) < 4.78 is 27.2. The lowest BCUT2D eigenvalue weighted by Gasteiger charge is -2.22. The summed E-state index contributed by atoms with van der Waals surface area (Å²) in [6, 6.07) is 2.39. The zero-order valence-electron chi connectivity index (χ0n) is 12.4. The Morgan fingerprint density at radius 3 is 2.65 bits per heavy atom. The fourth-order valence-electron chi connectivity index (χ4n) is 2.51. The molecule has 1 fully saturated rings. The van der Waals surface area contributed by atoms with Crippen molar-refractivity contribution in [3.63, 3.8) is 0 Å². The molecule has 0 amide bonds. The fraction of sp³-hybridized carbons (Fsp3) is 0.714. The maximum Gasteiger partial charge on any atom is 0.252 e. The Morgan fingerprint density at radius 2 is 2.05 bits per heavy atom. The number of thiophene rings is 1. The minimum atomic E-state index is -3.32. The van der Waals surface area contributed by atoms with E-state index in [0.29, 0.717) is 10.3 Å². The molecule has 0 aliphatic heterocycles. The van der Waals surface area contributed by atoms with Gasteiger partial charge in [-0.3, -0.25) is 0 Å². The molecule has 0 unspecified atom stereocenters. The first-order valence-corrected chi connectivity index (χ1v) is 9.52. The summed E-state index contributed by atoms with van der Waals surface area (Å²) in [5, 5.41) is 5.24. The van der Waals surface area contributed by atoms with Crippen molar-refractivity contribution in [2.45, 2.75) is 62.4 Å². The van der Waals surface area contributed by atoms with Gasteiger partial charge >= 0.3 is 0 Å². The highest BCUT2D eigenvalue weighted by Gasteiger charge is 2.30. The summed E-state index contributed by atoms with van der Waals surface area (Å²) in [6.45, 7) is 4.88. The molecular weight excluding hydrogens is 292 g/mol. The molecule has 4 nitrogen and oxygen atoms in total. The molecule has 0 radical (unpaired) electrons. The molecule has 1 saturated carbocycles. The van der Waals surface area contributed by atoms with Crippen LogP contribution in [0.15, 0.2) is 15.7 Å². The highest BCUT2D eigenvalue weighted by Crippen LogP contribution is 2.29. The van der Waals surface area contributed by atoms with E-state index in [2.05, 4.69) is 19.2 Å². The SMILES string of the molecule is CC(C)NCc1csc(S(=O)(=O)N(C)C2CCCC2)c1. The van der Waals surface area contributed by atoms with Crippen molar-refractivity contribution in [3.8, 4) is 0 Å². The van der Waals surface area contributed by atoms with Crippen LogP contribution in [0.5, 0.6) is 0 Å². The number of hydrogen-bond donors (Lipinski definition) is 1. The normalized spacial score (nSPS) is 17.4. The lowest BCUT2D eigenvalue weighted by Crippen LogP contribution is -2.34. The van der Waals surface area contributed by atoms with Gasteiger partial charge in [0.15, 0.2) is 0 Å². The van der Waals surface area contributed by atoms with Crippen LogP contribution in [0.4, 0.5) is 0 Å². The van der Waals surface area contributed by atoms with Crippen LogP contribution in [-0.2, 0) is 16.6 Å². The first kappa shape index (κ1) is 15.9. The molecule has 1 aliphatic carbocycles. The van der Waals surface area contributed by atoms with Crippen molar-refractivity contribution >= 4 is 21.4 Å². The van der Waals surface area contributed by atoms with Crippen LogP contribution in [0.2, 0.25) is 0 Å². The number of sulfonamides is 1. The van der Waals surface area contributed by atoms with Gasteiger partial charge in [-0.1, -0.05) is 26.7 Å². The Morgan fingerprint density at radius 1 is 1.40 bits per heavy atom. The second-order valence-corrected chi connectivity index (χ2v) is 8.90. The average molecular weight is 316 g/mol. The quantitative estimate of drug-likeness (QED) is 0.878. The van der Waals surface area contributed by atoms with Crippen LogP contribution in [-0.4, -0.2) is 31.9 Å². The van der Waals surface area contributed by atoms with Gasteiger partial charge in [-0.15, -0.1) is 11.3 Å². The summed E-state index contributed by atoms with van der Waals surface area (Å²) in [4.78, 5) is 0. The van der Waals surface area contributed by atoms with E-state index in [-0.39, 0.29) is 6.04 Å². The summed E-state index contributed by atoms with van der Waals surface area (Å²) in [6.07, 6.45) is 4.25. The van der Waals surface area contributed by atoms with E-state index in [9.17, 15) is 8.42 Å². The topological polar surface area (TPSA) is 49.4 Å². The molecule has 0 spiro atoms. The van der Waals surface area contributed by atoms with Gasteiger partial charge < -0.3 is 5.32 Å². The largest absolute Gasteiger partial charge is 0.310 e. The smallest absolute Gasteiger partial charge is 0.252 e. The van der Waals surface area contributed by atoms with Gasteiger partial charge in [0, 0.05) is 25.7 Å². The van der Waals surface area contributed by atoms with E-state index >= 15 is 0 Å². The second kappa shape index (κ2) is 6.56. The van der Waals surface area contributed by atoms with Gasteiger partial charge in [-0.2, -0.15) is 4.31 Å². The summed E-state index contributed by atoms with van der Waals surface area (Å²) in [5.41, 5.74) is 1.04. The van der Waals surface area contributed by atoms with Crippen molar-refractivity contribution in [2.75, 3.05) is 7.05 Å². The molecule has 0 saturated heterocycles. The third-order valence-electron chi connectivity index (χ3n) is 3.82. The Balaban J connectivity index is 2.09. The van der Waals surface area contributed by atoms with Crippen LogP contribution in [0.25, 0.3) is 0 Å². The fourth-order valence-corrected chi connectivity index (χ4v) is 5.32. The minimum absolute atomic E-state index is 0.180. The molecule has 1 N–H and O–H groups in total. The predicted octanol–water partition coefficient (Wildman–Crippen LogP) is 2.81. The Kier molecular flexibility index (Phi) is 5.23. The van der Waals surface area contributed by atoms with Crippen LogP contribution >= 0.6 is 11.3 Å². The molecule has 2 rings (SSSR count). The van der Waals surface area contributed by atoms with Crippen molar-refractivity contribution in [1.29, 1.82) is 0 Å². The molecule has 1 aromatic heterocycles. The lowest BCUT2D eigenvalue weighted by atomic mass is 10.3. The molecule has 1 heterocycles. The first-order chi connectivity index (χ1) is 9.41. The van der Waals surface area contributed by atoms with Crippen LogP contribution in [0, 0.1) is 0 Å². The van der Waals surface area contributed by atoms with Crippen molar-refractivity contribution < 1.29 is 8.42 Å². The van der Waals surface area contributed by atoms with E-state index < -0.39 is 10.0 Å². The lowest BCUT2D eigenvalue weighted by molar-refractivity contribution is 0.374. The zero-order valence-corrected chi connectivity index (χ0v) is 14.1. The van der Waals surface area contributed by atoms with Crippen LogP contribution in [0.3, 0.4) is 0 Å². The van der Waals surface area contributed by atoms with Crippen molar-refractivity contribution in [2.24, 2.45) is 0 Å². The molecule has 20 heavy (non-hydrogen) atoms. The predicted molar refractivity (Wildman–Crippen MR) is 83.5 cm³/mol. The van der Waals surface area contributed by atoms with Crippen LogP contribution in [0.1, 0.15) is 45.1 Å². The molecule has 0 aromatic carbocycles. The molecule has 0 atom stereocenters. The van der Waals surface area contributed by atoms with E-state index in [1.54, 1.807) is 17.4 Å². The van der Waals surface area contributed by atoms with E-state index in [4.69, 9.17) is 0 Å². The number of hydrogen-bond acceptors (Lipinski definition) is 4. The molecule has 6 heteroatoms. The van der Waals surface area contributed by atoms with Gasteiger partial charge in [-0.05, 0) is 29.9 Å². The number of rotatable bonds is 6. The van der Waals surface area contributed by atoms with Crippen molar-refractivity contribution in [3.05, 3.63) is 17.0 Å². The van der Waals surface area contributed by atoms with E-state index in [0.717, 1.165) is 37.8 Å². The zero-order chi connectivity index (χ0) is 14.8. The van der Waals surface area contributed by atoms with Gasteiger partial charge in [0.25, 0.3) is 10.0 Å². The Bertz CT molecular complexity index is 531. The maximum absolute atomic E-state index is 12.6. The standard InChI is InChI=1S/C14H24N2O2S2/c1-11(2)15-9-12-8-14(19-10-12)20(17,18)16(3)13-6-4-5-7-13/h8,10-11,13,15H,4-7,9H2,1-3H3. The van der Waals surface area contributed by atoms with Gasteiger partial charge in [0.2, 0.25) is 0 Å². The summed E-state index contributed by atoms with van der Waals surface area (Å²) in [5.74, 6) is 0. The minimum Gasteiger partial charge on any atom is -0.310 e. The van der Waals surface area contributed by atoms with Crippen LogP contribution < -0.4 is 5.32 Å². The highest BCUT2D eigenvalue weighted by molar-refractivity contribution is 7.91. The highest BCUT2D eigenvalue weighted by atomic mass is 32.2. The third kappa shape index (κ3) is 3.61. The van der Waals surface area contributed by atoms with Gasteiger partial charge in [0.05, 0.1) is 0 Å². The second-order valence-electron chi connectivity index (χ2n) is 5.77. The summed E-state index contributed by atoms with van der Waals surface area (Å²) >= 11 is 1.33. The van der Waals surface area contributed by atoms with Crippen molar-refractivity contribution in [1.82, 2.24) is 9.62 Å². The molecule has 0 bridgehead atoms. The first-order valence-electron chi connectivity index (χ1n) is 7.20. The molecule has 1 aliphatic rings. The monoisotopic (exact) mass is 316 g/mol. The Hall–Kier alpha value is -0.430. The number of nitrogens with one attached hydrogen (secondary N) is 1. The Labute approximate surface area is 126 Å². The van der Waals surface area contributed by atoms with E-state index in [1.807, 2.05) is 5.38 Å². The molecular formula is C14H24N2O2S2. The van der Waals surface area contributed by atoms with Gasteiger partial charge in [-0.25, -0.2) is 8.42 Å². The molecule has 114 valence electrons. The third-order valence-corrected chi connectivity index (χ3v) is 7.19. The average Bonchev–Trinajstić information content (AvgIpc) is 3.06. The number of nitrogens with zero attached hydrogens (tertiary/aromatic N) is 1. The van der Waals surface area contributed by atoms with Gasteiger partial charge in [0.1, 0.15) is 4.21 Å². The molecule has 1 aromatic rings. The summed E-state index contributed by atoms with van der Waals surface area (Å²) in [7, 11) is -1.60. The maximum atomic E-state index is 12.6.